The van der Waals surface area contributed by atoms with Gasteiger partial charge in [-0.05, 0) is 48.9 Å². The number of fused-ring (bicyclic) bond motifs is 1. The Hall–Kier alpha value is -3.94. The standard InChI is InChI=1S/C24H18F3N3O2/c1-2-32-19-10-5-7-16(13-19)15-28-30-22(17-8-6-9-18(14-17)24(25,26)27)29-21-12-4-3-11-20(21)23(30)31/h3-15H,2H2,1H3. The maximum absolute atomic E-state index is 13.3. The van der Waals surface area contributed by atoms with E-state index in [9.17, 15) is 18.0 Å². The monoisotopic (exact) mass is 437 g/mol. The zero-order valence-electron chi connectivity index (χ0n) is 17.0. The van der Waals surface area contributed by atoms with Crippen molar-refractivity contribution in [3.63, 3.8) is 0 Å². The molecule has 0 saturated carbocycles. The molecule has 0 aliphatic carbocycles. The fourth-order valence-corrected chi connectivity index (χ4v) is 3.23. The van der Waals surface area contributed by atoms with E-state index in [2.05, 4.69) is 10.1 Å². The van der Waals surface area contributed by atoms with Gasteiger partial charge in [-0.2, -0.15) is 22.9 Å². The summed E-state index contributed by atoms with van der Waals surface area (Å²) >= 11 is 0. The summed E-state index contributed by atoms with van der Waals surface area (Å²) in [6, 6.07) is 18.4. The molecule has 0 atom stereocenters. The molecule has 0 spiro atoms. The summed E-state index contributed by atoms with van der Waals surface area (Å²) in [6.45, 7) is 2.36. The summed E-state index contributed by atoms with van der Waals surface area (Å²) in [5.41, 5.74) is -0.166. The normalized spacial score (nSPS) is 11.9. The van der Waals surface area contributed by atoms with Crippen molar-refractivity contribution < 1.29 is 17.9 Å². The quantitative estimate of drug-likeness (QED) is 0.395. The second kappa shape index (κ2) is 8.66. The Kier molecular flexibility index (Phi) is 5.77. The van der Waals surface area contributed by atoms with Crippen LogP contribution in [0.2, 0.25) is 0 Å². The first-order valence-electron chi connectivity index (χ1n) is 9.83. The molecule has 4 aromatic rings. The molecule has 0 aliphatic rings. The Morgan fingerprint density at radius 2 is 1.81 bits per heavy atom. The van der Waals surface area contributed by atoms with Crippen molar-refractivity contribution in [3.8, 4) is 17.1 Å². The van der Waals surface area contributed by atoms with Crippen LogP contribution in [-0.4, -0.2) is 22.5 Å². The fraction of sp³-hybridized carbons (Fsp3) is 0.125. The van der Waals surface area contributed by atoms with Crippen molar-refractivity contribution in [2.75, 3.05) is 6.61 Å². The van der Waals surface area contributed by atoms with E-state index in [0.717, 1.165) is 16.8 Å². The van der Waals surface area contributed by atoms with E-state index in [-0.39, 0.29) is 11.4 Å². The second-order valence-corrected chi connectivity index (χ2v) is 6.90. The van der Waals surface area contributed by atoms with Gasteiger partial charge in [-0.1, -0.05) is 36.4 Å². The molecular weight excluding hydrogens is 419 g/mol. The van der Waals surface area contributed by atoms with Crippen LogP contribution < -0.4 is 10.3 Å². The largest absolute Gasteiger partial charge is 0.494 e. The molecule has 0 fully saturated rings. The van der Waals surface area contributed by atoms with E-state index < -0.39 is 17.3 Å². The van der Waals surface area contributed by atoms with E-state index in [1.807, 2.05) is 6.92 Å². The van der Waals surface area contributed by atoms with Gasteiger partial charge in [-0.25, -0.2) is 4.98 Å². The SMILES string of the molecule is CCOc1cccc(C=Nn2c(-c3cccc(C(F)(F)F)c3)nc3ccccc3c2=O)c1. The van der Waals surface area contributed by atoms with Crippen LogP contribution in [0.25, 0.3) is 22.3 Å². The maximum atomic E-state index is 13.3. The molecule has 0 aliphatic heterocycles. The zero-order chi connectivity index (χ0) is 22.7. The molecule has 0 bridgehead atoms. The molecule has 162 valence electrons. The van der Waals surface area contributed by atoms with Crippen molar-refractivity contribution in [2.45, 2.75) is 13.1 Å². The number of halogens is 3. The summed E-state index contributed by atoms with van der Waals surface area (Å²) in [4.78, 5) is 17.6. The van der Waals surface area contributed by atoms with Gasteiger partial charge in [-0.15, -0.1) is 0 Å². The molecule has 8 heteroatoms. The zero-order valence-corrected chi connectivity index (χ0v) is 17.0. The lowest BCUT2D eigenvalue weighted by molar-refractivity contribution is -0.137. The number of hydrogen-bond donors (Lipinski definition) is 0. The summed E-state index contributed by atoms with van der Waals surface area (Å²) < 4.78 is 46.3. The lowest BCUT2D eigenvalue weighted by Crippen LogP contribution is -2.20. The number of rotatable bonds is 5. The summed E-state index contributed by atoms with van der Waals surface area (Å²) in [6.07, 6.45) is -3.08. The average molecular weight is 437 g/mol. The minimum absolute atomic E-state index is 0.0111. The lowest BCUT2D eigenvalue weighted by atomic mass is 10.1. The highest BCUT2D eigenvalue weighted by Crippen LogP contribution is 2.31. The Bertz CT molecular complexity index is 1360. The van der Waals surface area contributed by atoms with Crippen LogP contribution in [0.3, 0.4) is 0 Å². The van der Waals surface area contributed by atoms with Crippen LogP contribution in [-0.2, 0) is 6.18 Å². The maximum Gasteiger partial charge on any atom is 0.416 e. The third kappa shape index (κ3) is 4.39. The number of para-hydroxylation sites is 1. The van der Waals surface area contributed by atoms with Gasteiger partial charge in [0.25, 0.3) is 5.56 Å². The van der Waals surface area contributed by atoms with Crippen molar-refractivity contribution in [1.29, 1.82) is 0 Å². The third-order valence-corrected chi connectivity index (χ3v) is 4.69. The van der Waals surface area contributed by atoms with Gasteiger partial charge in [0.1, 0.15) is 5.75 Å². The van der Waals surface area contributed by atoms with E-state index in [1.54, 1.807) is 48.5 Å². The third-order valence-electron chi connectivity index (χ3n) is 4.69. The summed E-state index contributed by atoms with van der Waals surface area (Å²) in [5.74, 6) is 0.649. The van der Waals surface area contributed by atoms with Gasteiger partial charge in [0.05, 0.1) is 29.3 Å². The fourth-order valence-electron chi connectivity index (χ4n) is 3.23. The smallest absolute Gasteiger partial charge is 0.416 e. The van der Waals surface area contributed by atoms with E-state index in [1.165, 1.54) is 18.3 Å². The Labute approximate surface area is 181 Å². The first-order chi connectivity index (χ1) is 15.4. The number of alkyl halides is 3. The first kappa shape index (κ1) is 21.3. The summed E-state index contributed by atoms with van der Waals surface area (Å²) in [5, 5.41) is 4.58. The van der Waals surface area contributed by atoms with Gasteiger partial charge in [0.15, 0.2) is 5.82 Å². The Balaban J connectivity index is 1.89. The predicted octanol–water partition coefficient (Wildman–Crippen LogP) is 5.36. The van der Waals surface area contributed by atoms with Gasteiger partial charge in [0, 0.05) is 5.56 Å². The van der Waals surface area contributed by atoms with Crippen molar-refractivity contribution >= 4 is 17.1 Å². The van der Waals surface area contributed by atoms with Crippen LogP contribution in [0.5, 0.6) is 5.75 Å². The highest BCUT2D eigenvalue weighted by atomic mass is 19.4. The molecule has 0 amide bonds. The number of ether oxygens (including phenoxy) is 1. The highest BCUT2D eigenvalue weighted by molar-refractivity contribution is 5.82. The molecule has 0 saturated heterocycles. The van der Waals surface area contributed by atoms with Gasteiger partial charge in [0.2, 0.25) is 0 Å². The summed E-state index contributed by atoms with van der Waals surface area (Å²) in [7, 11) is 0. The van der Waals surface area contributed by atoms with Crippen molar-refractivity contribution in [1.82, 2.24) is 9.66 Å². The number of aromatic nitrogens is 2. The van der Waals surface area contributed by atoms with E-state index in [4.69, 9.17) is 4.74 Å². The molecule has 0 N–H and O–H groups in total. The van der Waals surface area contributed by atoms with Gasteiger partial charge in [-0.3, -0.25) is 4.79 Å². The predicted molar refractivity (Wildman–Crippen MR) is 117 cm³/mol. The molecule has 32 heavy (non-hydrogen) atoms. The van der Waals surface area contributed by atoms with Crippen LogP contribution in [0, 0.1) is 0 Å². The van der Waals surface area contributed by atoms with Crippen LogP contribution in [0.4, 0.5) is 13.2 Å². The van der Waals surface area contributed by atoms with Gasteiger partial charge < -0.3 is 4.74 Å². The van der Waals surface area contributed by atoms with E-state index >= 15 is 0 Å². The molecule has 4 rings (SSSR count). The first-order valence-corrected chi connectivity index (χ1v) is 9.83. The molecule has 3 aromatic carbocycles. The molecule has 0 radical (unpaired) electrons. The van der Waals surface area contributed by atoms with Crippen molar-refractivity contribution in [3.05, 3.63) is 94.3 Å². The van der Waals surface area contributed by atoms with E-state index in [0.29, 0.717) is 28.8 Å². The van der Waals surface area contributed by atoms with Gasteiger partial charge >= 0.3 is 6.18 Å². The molecule has 0 unspecified atom stereocenters. The number of nitrogens with zero attached hydrogens (tertiary/aromatic N) is 3. The molecule has 1 heterocycles. The highest BCUT2D eigenvalue weighted by Gasteiger charge is 2.30. The minimum atomic E-state index is -4.53. The number of benzene rings is 3. The van der Waals surface area contributed by atoms with Crippen LogP contribution in [0.1, 0.15) is 18.1 Å². The number of hydrogen-bond acceptors (Lipinski definition) is 4. The average Bonchev–Trinajstić information content (AvgIpc) is 2.78. The second-order valence-electron chi connectivity index (χ2n) is 6.90. The molecule has 1 aromatic heterocycles. The Morgan fingerprint density at radius 1 is 1.03 bits per heavy atom. The molecular formula is C24H18F3N3O2. The van der Waals surface area contributed by atoms with Crippen LogP contribution in [0.15, 0.2) is 82.7 Å². The lowest BCUT2D eigenvalue weighted by Gasteiger charge is -2.12. The topological polar surface area (TPSA) is 56.5 Å². The Morgan fingerprint density at radius 3 is 2.59 bits per heavy atom. The van der Waals surface area contributed by atoms with Crippen molar-refractivity contribution in [2.24, 2.45) is 5.10 Å². The minimum Gasteiger partial charge on any atom is -0.494 e. The molecule has 5 nitrogen and oxygen atoms in total. The van der Waals surface area contributed by atoms with Crippen LogP contribution >= 0.6 is 0 Å².